The number of hydrogen-bond acceptors (Lipinski definition) is 3. The number of halogens is 3. The highest BCUT2D eigenvalue weighted by atomic mass is 32.2. The van der Waals surface area contributed by atoms with Crippen LogP contribution in [0.25, 0.3) is 5.69 Å². The second kappa shape index (κ2) is 6.84. The summed E-state index contributed by atoms with van der Waals surface area (Å²) in [5.74, 6) is 0.970. The number of rotatable bonds is 4. The Labute approximate surface area is 157 Å². The Balaban J connectivity index is 1.64. The molecular weight excluding hydrogens is 377 g/mol. The number of hydrogen-bond donors (Lipinski definition) is 0. The number of carbonyl (C=O) groups excluding carboxylic acids is 1. The van der Waals surface area contributed by atoms with E-state index in [1.807, 2.05) is 0 Å². The van der Waals surface area contributed by atoms with Crippen molar-refractivity contribution in [2.45, 2.75) is 18.1 Å². The van der Waals surface area contributed by atoms with Gasteiger partial charge in [-0.25, -0.2) is 0 Å². The number of furan rings is 1. The average Bonchev–Trinajstić information content (AvgIpc) is 3.37. The monoisotopic (exact) mass is 392 g/mol. The van der Waals surface area contributed by atoms with Crippen LogP contribution in [0, 0.1) is 0 Å². The summed E-state index contributed by atoms with van der Waals surface area (Å²) in [5.41, 5.74) is 0.132. The molecule has 1 aliphatic rings. The first-order valence-electron chi connectivity index (χ1n) is 8.21. The van der Waals surface area contributed by atoms with Gasteiger partial charge in [0.15, 0.2) is 0 Å². The van der Waals surface area contributed by atoms with Crippen molar-refractivity contribution in [3.8, 4) is 5.69 Å². The Bertz CT molecular complexity index is 950. The summed E-state index contributed by atoms with van der Waals surface area (Å²) in [6, 6.07) is 10.7. The van der Waals surface area contributed by atoms with Gasteiger partial charge in [-0.2, -0.15) is 13.2 Å². The van der Waals surface area contributed by atoms with E-state index in [0.29, 0.717) is 18.1 Å². The van der Waals surface area contributed by atoms with Gasteiger partial charge in [-0.05, 0) is 30.3 Å². The van der Waals surface area contributed by atoms with Gasteiger partial charge in [0.1, 0.15) is 11.1 Å². The van der Waals surface area contributed by atoms with E-state index < -0.39 is 11.7 Å². The van der Waals surface area contributed by atoms with Crippen LogP contribution < -0.4 is 0 Å². The number of thioether (sulfide) groups is 1. The molecule has 1 aliphatic heterocycles. The summed E-state index contributed by atoms with van der Waals surface area (Å²) >= 11 is 1.45. The highest BCUT2D eigenvalue weighted by Crippen LogP contribution is 2.41. The van der Waals surface area contributed by atoms with Gasteiger partial charge in [0.05, 0.1) is 29.8 Å². The molecule has 4 rings (SSSR count). The maximum absolute atomic E-state index is 13.3. The molecule has 27 heavy (non-hydrogen) atoms. The lowest BCUT2D eigenvalue weighted by atomic mass is 10.1. The molecule has 2 aromatic heterocycles. The molecule has 1 amide bonds. The summed E-state index contributed by atoms with van der Waals surface area (Å²) in [6.07, 6.45) is 0.345. The normalized spacial score (nSPS) is 17.7. The van der Waals surface area contributed by atoms with Crippen LogP contribution in [0.15, 0.2) is 65.5 Å². The van der Waals surface area contributed by atoms with Crippen LogP contribution in [0.5, 0.6) is 0 Å². The lowest BCUT2D eigenvalue weighted by Gasteiger charge is -2.22. The molecule has 1 fully saturated rings. The molecule has 4 nitrogen and oxygen atoms in total. The van der Waals surface area contributed by atoms with Gasteiger partial charge in [0.25, 0.3) is 0 Å². The highest BCUT2D eigenvalue weighted by molar-refractivity contribution is 8.00. The minimum absolute atomic E-state index is 0.0233. The lowest BCUT2D eigenvalue weighted by molar-refractivity contribution is -0.137. The van der Waals surface area contributed by atoms with Crippen molar-refractivity contribution in [2.24, 2.45) is 0 Å². The molecule has 0 bridgehead atoms. The zero-order valence-corrected chi connectivity index (χ0v) is 14.8. The van der Waals surface area contributed by atoms with Gasteiger partial charge < -0.3 is 13.9 Å². The number of aromatic nitrogens is 1. The first kappa shape index (κ1) is 17.8. The number of amides is 1. The minimum Gasteiger partial charge on any atom is -0.467 e. The summed E-state index contributed by atoms with van der Waals surface area (Å²) in [6.45, 7) is 0.327. The Hall–Kier alpha value is -2.61. The molecule has 1 atom stereocenters. The molecule has 0 saturated carbocycles. The summed E-state index contributed by atoms with van der Waals surface area (Å²) in [7, 11) is 0. The minimum atomic E-state index is -4.44. The number of nitrogens with zero attached hydrogens (tertiary/aromatic N) is 2. The van der Waals surface area contributed by atoms with E-state index in [-0.39, 0.29) is 17.0 Å². The SMILES string of the molecule is O=C1CS[C@H](c2ccn(-c3ccccc3C(F)(F)F)c2)N1Cc1ccco1. The molecule has 0 spiro atoms. The van der Waals surface area contributed by atoms with E-state index in [2.05, 4.69) is 0 Å². The molecule has 0 radical (unpaired) electrons. The van der Waals surface area contributed by atoms with Crippen LogP contribution in [-0.2, 0) is 17.5 Å². The number of benzene rings is 1. The first-order valence-corrected chi connectivity index (χ1v) is 9.26. The smallest absolute Gasteiger partial charge is 0.418 e. The zero-order chi connectivity index (χ0) is 19.0. The fourth-order valence-corrected chi connectivity index (χ4v) is 4.29. The van der Waals surface area contributed by atoms with Crippen molar-refractivity contribution in [2.75, 3.05) is 5.75 Å². The van der Waals surface area contributed by atoms with E-state index in [1.165, 1.54) is 28.5 Å². The number of para-hydroxylation sites is 1. The van der Waals surface area contributed by atoms with E-state index in [0.717, 1.165) is 11.6 Å². The second-order valence-electron chi connectivity index (χ2n) is 6.13. The van der Waals surface area contributed by atoms with Gasteiger partial charge in [-0.1, -0.05) is 12.1 Å². The van der Waals surface area contributed by atoms with Crippen molar-refractivity contribution in [1.82, 2.24) is 9.47 Å². The molecule has 0 unspecified atom stereocenters. The zero-order valence-electron chi connectivity index (χ0n) is 14.0. The van der Waals surface area contributed by atoms with Crippen LogP contribution in [-0.4, -0.2) is 21.1 Å². The van der Waals surface area contributed by atoms with Crippen molar-refractivity contribution >= 4 is 17.7 Å². The van der Waals surface area contributed by atoms with Gasteiger partial charge in [-0.15, -0.1) is 11.8 Å². The maximum atomic E-state index is 13.3. The second-order valence-corrected chi connectivity index (χ2v) is 7.20. The van der Waals surface area contributed by atoms with E-state index in [9.17, 15) is 18.0 Å². The van der Waals surface area contributed by atoms with Gasteiger partial charge >= 0.3 is 6.18 Å². The molecule has 3 heterocycles. The predicted octanol–water partition coefficient (Wildman–Crippen LogP) is 4.86. The molecule has 0 N–H and O–H groups in total. The predicted molar refractivity (Wildman–Crippen MR) is 95.2 cm³/mol. The van der Waals surface area contributed by atoms with Crippen molar-refractivity contribution in [1.29, 1.82) is 0 Å². The number of carbonyl (C=O) groups is 1. The van der Waals surface area contributed by atoms with Crippen LogP contribution in [0.1, 0.15) is 22.3 Å². The lowest BCUT2D eigenvalue weighted by Crippen LogP contribution is -2.27. The third-order valence-electron chi connectivity index (χ3n) is 4.36. The van der Waals surface area contributed by atoms with Crippen LogP contribution >= 0.6 is 11.8 Å². The Morgan fingerprint density at radius 3 is 2.70 bits per heavy atom. The highest BCUT2D eigenvalue weighted by Gasteiger charge is 2.35. The van der Waals surface area contributed by atoms with Gasteiger partial charge in [0, 0.05) is 18.0 Å². The van der Waals surface area contributed by atoms with Crippen molar-refractivity contribution in [3.05, 3.63) is 78.0 Å². The summed E-state index contributed by atoms with van der Waals surface area (Å²) < 4.78 is 46.6. The van der Waals surface area contributed by atoms with Crippen molar-refractivity contribution in [3.63, 3.8) is 0 Å². The number of alkyl halides is 3. The van der Waals surface area contributed by atoms with Gasteiger partial charge in [0.2, 0.25) is 5.91 Å². The first-order chi connectivity index (χ1) is 12.9. The van der Waals surface area contributed by atoms with Crippen LogP contribution in [0.2, 0.25) is 0 Å². The molecule has 0 aliphatic carbocycles. The van der Waals surface area contributed by atoms with Crippen LogP contribution in [0.3, 0.4) is 0 Å². The molecular formula is C19H15F3N2O2S. The van der Waals surface area contributed by atoms with E-state index in [4.69, 9.17) is 4.42 Å². The molecule has 1 saturated heterocycles. The summed E-state index contributed by atoms with van der Waals surface area (Å²) in [4.78, 5) is 13.9. The summed E-state index contributed by atoms with van der Waals surface area (Å²) in [5, 5.41) is -0.262. The third kappa shape index (κ3) is 3.49. The van der Waals surface area contributed by atoms with Crippen molar-refractivity contribution < 1.29 is 22.4 Å². The molecule has 140 valence electrons. The standard InChI is InChI=1S/C19H15F3N2O2S/c20-19(21,22)15-5-1-2-6-16(15)23-8-7-13(10-23)18-24(17(25)12-27-18)11-14-4-3-9-26-14/h1-10,18H,11-12H2/t18-/m1/s1. The fourth-order valence-electron chi connectivity index (χ4n) is 3.12. The quantitative estimate of drug-likeness (QED) is 0.636. The Morgan fingerprint density at radius 1 is 1.15 bits per heavy atom. The van der Waals surface area contributed by atoms with E-state index in [1.54, 1.807) is 47.8 Å². The Kier molecular flexibility index (Phi) is 4.51. The van der Waals surface area contributed by atoms with Crippen LogP contribution in [0.4, 0.5) is 13.2 Å². The maximum Gasteiger partial charge on any atom is 0.418 e. The largest absolute Gasteiger partial charge is 0.467 e. The third-order valence-corrected chi connectivity index (χ3v) is 5.62. The average molecular weight is 392 g/mol. The Morgan fingerprint density at radius 2 is 1.96 bits per heavy atom. The molecule has 3 aromatic rings. The molecule has 1 aromatic carbocycles. The topological polar surface area (TPSA) is 38.4 Å². The molecule has 8 heteroatoms. The van der Waals surface area contributed by atoms with E-state index >= 15 is 0 Å². The van der Waals surface area contributed by atoms with Gasteiger partial charge in [-0.3, -0.25) is 4.79 Å². The fraction of sp³-hybridized carbons (Fsp3) is 0.211.